The van der Waals surface area contributed by atoms with Crippen LogP contribution in [0.1, 0.15) is 12.0 Å². The van der Waals surface area contributed by atoms with Gasteiger partial charge in [-0.1, -0.05) is 6.07 Å². The van der Waals surface area contributed by atoms with Gasteiger partial charge in [-0.15, -0.1) is 0 Å². The van der Waals surface area contributed by atoms with Gasteiger partial charge in [0.15, 0.2) is 11.5 Å². The molecule has 1 aromatic rings. The van der Waals surface area contributed by atoms with E-state index in [1.54, 1.807) is 19.1 Å². The van der Waals surface area contributed by atoms with Gasteiger partial charge in [0.05, 0.1) is 14.2 Å². The first kappa shape index (κ1) is 14.2. The fourth-order valence-electron chi connectivity index (χ4n) is 2.11. The van der Waals surface area contributed by atoms with Crippen molar-refractivity contribution in [2.45, 2.75) is 12.8 Å². The van der Waals surface area contributed by atoms with Crippen LogP contribution < -0.4 is 14.8 Å². The van der Waals surface area contributed by atoms with Gasteiger partial charge in [-0.2, -0.15) is 0 Å². The van der Waals surface area contributed by atoms with E-state index in [2.05, 4.69) is 5.32 Å². The zero-order valence-electron chi connectivity index (χ0n) is 11.6. The molecule has 6 nitrogen and oxygen atoms in total. The number of nitrogens with one attached hydrogen (secondary N) is 1. The topological polar surface area (TPSA) is 67.9 Å². The van der Waals surface area contributed by atoms with Crippen LogP contribution in [-0.4, -0.2) is 44.1 Å². The number of rotatable bonds is 5. The van der Waals surface area contributed by atoms with Crippen molar-refractivity contribution in [3.8, 4) is 11.5 Å². The zero-order valence-corrected chi connectivity index (χ0v) is 11.6. The SMILES string of the molecule is COc1ccc(CCN2CCC(=O)NC2=O)cc1OC. The van der Waals surface area contributed by atoms with Gasteiger partial charge in [0.1, 0.15) is 0 Å². The highest BCUT2D eigenvalue weighted by Gasteiger charge is 2.22. The molecule has 0 bridgehead atoms. The normalized spacial score (nSPS) is 15.0. The highest BCUT2D eigenvalue weighted by atomic mass is 16.5. The second-order valence-electron chi connectivity index (χ2n) is 4.53. The van der Waals surface area contributed by atoms with Crippen molar-refractivity contribution in [2.75, 3.05) is 27.3 Å². The molecule has 0 aromatic heterocycles. The Labute approximate surface area is 117 Å². The average molecular weight is 278 g/mol. The highest BCUT2D eigenvalue weighted by molar-refractivity contribution is 5.96. The summed E-state index contributed by atoms with van der Waals surface area (Å²) in [5.74, 6) is 1.14. The number of nitrogens with zero attached hydrogens (tertiary/aromatic N) is 1. The molecule has 3 amide bonds. The molecule has 6 heteroatoms. The molecule has 20 heavy (non-hydrogen) atoms. The number of carbonyl (C=O) groups excluding carboxylic acids is 2. The Morgan fingerprint density at radius 1 is 1.20 bits per heavy atom. The predicted octanol–water partition coefficient (Wildman–Crippen LogP) is 1.19. The van der Waals surface area contributed by atoms with Gasteiger partial charge in [0.2, 0.25) is 5.91 Å². The van der Waals surface area contributed by atoms with Crippen molar-refractivity contribution in [2.24, 2.45) is 0 Å². The third-order valence-corrected chi connectivity index (χ3v) is 3.26. The first-order valence-electron chi connectivity index (χ1n) is 6.43. The molecular weight excluding hydrogens is 260 g/mol. The van der Waals surface area contributed by atoms with Crippen LogP contribution in [0.5, 0.6) is 11.5 Å². The summed E-state index contributed by atoms with van der Waals surface area (Å²) in [4.78, 5) is 24.3. The Kier molecular flexibility index (Phi) is 4.45. The van der Waals surface area contributed by atoms with E-state index in [0.717, 1.165) is 5.56 Å². The van der Waals surface area contributed by atoms with Crippen molar-refractivity contribution >= 4 is 11.9 Å². The fraction of sp³-hybridized carbons (Fsp3) is 0.429. The van der Waals surface area contributed by atoms with Crippen LogP contribution in [0.4, 0.5) is 4.79 Å². The van der Waals surface area contributed by atoms with E-state index >= 15 is 0 Å². The lowest BCUT2D eigenvalue weighted by atomic mass is 10.1. The van der Waals surface area contributed by atoms with E-state index in [1.807, 2.05) is 18.2 Å². The van der Waals surface area contributed by atoms with Crippen LogP contribution in [0.3, 0.4) is 0 Å². The Morgan fingerprint density at radius 3 is 2.60 bits per heavy atom. The molecule has 1 heterocycles. The van der Waals surface area contributed by atoms with Gasteiger partial charge in [0.25, 0.3) is 0 Å². The molecule has 1 aliphatic heterocycles. The fourth-order valence-corrected chi connectivity index (χ4v) is 2.11. The van der Waals surface area contributed by atoms with E-state index in [1.165, 1.54) is 0 Å². The summed E-state index contributed by atoms with van der Waals surface area (Å²) >= 11 is 0. The van der Waals surface area contributed by atoms with Gasteiger partial charge in [-0.25, -0.2) is 4.79 Å². The quantitative estimate of drug-likeness (QED) is 0.878. The van der Waals surface area contributed by atoms with E-state index in [9.17, 15) is 9.59 Å². The lowest BCUT2D eigenvalue weighted by Gasteiger charge is -2.26. The molecule has 0 saturated carbocycles. The summed E-state index contributed by atoms with van der Waals surface area (Å²) in [6.45, 7) is 1.03. The Hall–Kier alpha value is -2.24. The molecule has 0 aliphatic carbocycles. The van der Waals surface area contributed by atoms with E-state index in [-0.39, 0.29) is 11.9 Å². The predicted molar refractivity (Wildman–Crippen MR) is 73.0 cm³/mol. The Morgan fingerprint density at radius 2 is 1.95 bits per heavy atom. The first-order chi connectivity index (χ1) is 9.63. The van der Waals surface area contributed by atoms with Gasteiger partial charge < -0.3 is 14.4 Å². The smallest absolute Gasteiger partial charge is 0.324 e. The lowest BCUT2D eigenvalue weighted by Crippen LogP contribution is -2.49. The third-order valence-electron chi connectivity index (χ3n) is 3.26. The number of ether oxygens (including phenoxy) is 2. The monoisotopic (exact) mass is 278 g/mol. The molecule has 1 saturated heterocycles. The van der Waals surface area contributed by atoms with E-state index < -0.39 is 0 Å². The van der Waals surface area contributed by atoms with Crippen LogP contribution >= 0.6 is 0 Å². The summed E-state index contributed by atoms with van der Waals surface area (Å²) in [5.41, 5.74) is 1.05. The number of benzene rings is 1. The maximum Gasteiger partial charge on any atom is 0.324 e. The molecule has 2 rings (SSSR count). The van der Waals surface area contributed by atoms with Crippen molar-refractivity contribution in [3.05, 3.63) is 23.8 Å². The Bertz CT molecular complexity index is 516. The second kappa shape index (κ2) is 6.27. The second-order valence-corrected chi connectivity index (χ2v) is 4.53. The molecular formula is C14H18N2O4. The first-order valence-corrected chi connectivity index (χ1v) is 6.43. The molecule has 108 valence electrons. The van der Waals surface area contributed by atoms with Crippen molar-refractivity contribution in [1.82, 2.24) is 10.2 Å². The maximum atomic E-state index is 11.6. The summed E-state index contributed by atoms with van der Waals surface area (Å²) in [7, 11) is 3.18. The number of methoxy groups -OCH3 is 2. The zero-order chi connectivity index (χ0) is 14.5. The van der Waals surface area contributed by atoms with E-state index in [0.29, 0.717) is 37.4 Å². The molecule has 1 fully saturated rings. The van der Waals surface area contributed by atoms with Crippen molar-refractivity contribution < 1.29 is 19.1 Å². The van der Waals surface area contributed by atoms with Crippen LogP contribution in [-0.2, 0) is 11.2 Å². The average Bonchev–Trinajstić information content (AvgIpc) is 2.46. The minimum atomic E-state index is -0.318. The van der Waals surface area contributed by atoms with Crippen LogP contribution in [0.2, 0.25) is 0 Å². The lowest BCUT2D eigenvalue weighted by molar-refractivity contribution is -0.121. The number of hydrogen-bond donors (Lipinski definition) is 1. The van der Waals surface area contributed by atoms with Crippen LogP contribution in [0.25, 0.3) is 0 Å². The summed E-state index contributed by atoms with van der Waals surface area (Å²) in [6.07, 6.45) is 1.06. The Balaban J connectivity index is 1.97. The summed E-state index contributed by atoms with van der Waals surface area (Å²) in [6, 6.07) is 5.36. The number of amides is 3. The number of carbonyl (C=O) groups is 2. The van der Waals surface area contributed by atoms with Gasteiger partial charge in [0, 0.05) is 19.5 Å². The molecule has 1 aliphatic rings. The molecule has 0 radical (unpaired) electrons. The molecule has 0 atom stereocenters. The molecule has 0 unspecified atom stereocenters. The van der Waals surface area contributed by atoms with Crippen molar-refractivity contribution in [3.63, 3.8) is 0 Å². The molecule has 0 spiro atoms. The largest absolute Gasteiger partial charge is 0.493 e. The van der Waals surface area contributed by atoms with Gasteiger partial charge >= 0.3 is 6.03 Å². The minimum Gasteiger partial charge on any atom is -0.493 e. The third kappa shape index (κ3) is 3.20. The minimum absolute atomic E-state index is 0.211. The highest BCUT2D eigenvalue weighted by Crippen LogP contribution is 2.27. The summed E-state index contributed by atoms with van der Waals surface area (Å²) in [5, 5.41) is 2.31. The van der Waals surface area contributed by atoms with Gasteiger partial charge in [-0.05, 0) is 24.1 Å². The summed E-state index contributed by atoms with van der Waals surface area (Å²) < 4.78 is 10.4. The molecule has 1 aromatic carbocycles. The van der Waals surface area contributed by atoms with Crippen LogP contribution in [0, 0.1) is 0 Å². The standard InChI is InChI=1S/C14H18N2O4/c1-19-11-4-3-10(9-12(11)20-2)5-7-16-8-6-13(17)15-14(16)18/h3-4,9H,5-8H2,1-2H3,(H,15,17,18). The van der Waals surface area contributed by atoms with Crippen LogP contribution in [0.15, 0.2) is 18.2 Å². The number of imide groups is 1. The van der Waals surface area contributed by atoms with E-state index in [4.69, 9.17) is 9.47 Å². The van der Waals surface area contributed by atoms with Crippen molar-refractivity contribution in [1.29, 1.82) is 0 Å². The molecule has 1 N–H and O–H groups in total. The number of hydrogen-bond acceptors (Lipinski definition) is 4. The number of urea groups is 1. The van der Waals surface area contributed by atoms with Gasteiger partial charge in [-0.3, -0.25) is 10.1 Å². The maximum absolute atomic E-state index is 11.6.